The van der Waals surface area contributed by atoms with Crippen LogP contribution in [0.25, 0.3) is 0 Å². The van der Waals surface area contributed by atoms with Gasteiger partial charge in [0.2, 0.25) is 5.88 Å². The minimum absolute atomic E-state index is 0.0156. The van der Waals surface area contributed by atoms with Crippen molar-refractivity contribution in [2.45, 2.75) is 20.5 Å². The number of aromatic nitrogens is 1. The highest BCUT2D eigenvalue weighted by atomic mass is 16.5. The van der Waals surface area contributed by atoms with Gasteiger partial charge in [-0.25, -0.2) is 4.98 Å². The second kappa shape index (κ2) is 6.19. The van der Waals surface area contributed by atoms with Gasteiger partial charge in [-0.2, -0.15) is 0 Å². The highest BCUT2D eigenvalue weighted by molar-refractivity contribution is 5.96. The van der Waals surface area contributed by atoms with E-state index in [0.717, 1.165) is 11.1 Å². The van der Waals surface area contributed by atoms with Crippen molar-refractivity contribution in [1.82, 2.24) is 4.98 Å². The third kappa shape index (κ3) is 3.15. The first kappa shape index (κ1) is 14.1. The second-order valence-corrected chi connectivity index (χ2v) is 4.52. The van der Waals surface area contributed by atoms with Crippen molar-refractivity contribution in [2.75, 3.05) is 7.11 Å². The molecule has 4 nitrogen and oxygen atoms in total. The monoisotopic (exact) mass is 271 g/mol. The Morgan fingerprint density at radius 3 is 2.80 bits per heavy atom. The maximum Gasteiger partial charge on any atom is 0.219 e. The first-order valence-electron chi connectivity index (χ1n) is 6.34. The molecular formula is C16H17NO3. The Hall–Kier alpha value is -2.36. The molecule has 20 heavy (non-hydrogen) atoms. The summed E-state index contributed by atoms with van der Waals surface area (Å²) in [5.41, 5.74) is 2.47. The van der Waals surface area contributed by atoms with Gasteiger partial charge in [-0.3, -0.25) is 4.79 Å². The van der Waals surface area contributed by atoms with Crippen LogP contribution >= 0.6 is 0 Å². The van der Waals surface area contributed by atoms with E-state index in [-0.39, 0.29) is 5.78 Å². The van der Waals surface area contributed by atoms with Crippen LogP contribution in [-0.4, -0.2) is 17.9 Å². The average molecular weight is 271 g/mol. The number of Topliss-reactive ketones (excluding diaryl/α,β-unsaturated/α-hetero) is 1. The van der Waals surface area contributed by atoms with Crippen LogP contribution in [0.5, 0.6) is 11.6 Å². The second-order valence-electron chi connectivity index (χ2n) is 4.52. The summed E-state index contributed by atoms with van der Waals surface area (Å²) >= 11 is 0. The summed E-state index contributed by atoms with van der Waals surface area (Å²) in [7, 11) is 1.57. The third-order valence-corrected chi connectivity index (χ3v) is 2.94. The number of methoxy groups -OCH3 is 1. The molecule has 0 spiro atoms. The van der Waals surface area contributed by atoms with Crippen LogP contribution < -0.4 is 9.47 Å². The number of ketones is 1. The van der Waals surface area contributed by atoms with E-state index in [9.17, 15) is 4.79 Å². The normalized spacial score (nSPS) is 10.2. The fourth-order valence-corrected chi connectivity index (χ4v) is 1.91. The number of ether oxygens (including phenoxy) is 2. The van der Waals surface area contributed by atoms with Gasteiger partial charge in [0.25, 0.3) is 0 Å². The molecular weight excluding hydrogens is 254 g/mol. The average Bonchev–Trinajstić information content (AvgIpc) is 2.45. The van der Waals surface area contributed by atoms with Crippen LogP contribution in [0, 0.1) is 6.92 Å². The number of carbonyl (C=O) groups excluding carboxylic acids is 1. The fourth-order valence-electron chi connectivity index (χ4n) is 1.91. The number of hydrogen-bond donors (Lipinski definition) is 0. The lowest BCUT2D eigenvalue weighted by Gasteiger charge is -2.12. The molecule has 104 valence electrons. The minimum atomic E-state index is -0.0156. The van der Waals surface area contributed by atoms with E-state index < -0.39 is 0 Å². The predicted octanol–water partition coefficient (Wildman–Crippen LogP) is 3.18. The molecule has 0 saturated heterocycles. The van der Waals surface area contributed by atoms with Crippen molar-refractivity contribution in [3.8, 4) is 11.6 Å². The Morgan fingerprint density at radius 1 is 1.30 bits per heavy atom. The quantitative estimate of drug-likeness (QED) is 0.784. The summed E-state index contributed by atoms with van der Waals surface area (Å²) in [5, 5.41) is 0. The Kier molecular flexibility index (Phi) is 4.35. The summed E-state index contributed by atoms with van der Waals surface area (Å²) in [6.07, 6.45) is 1.66. The predicted molar refractivity (Wildman–Crippen MR) is 76.3 cm³/mol. The highest BCUT2D eigenvalue weighted by Gasteiger charge is 2.10. The van der Waals surface area contributed by atoms with E-state index in [0.29, 0.717) is 23.8 Å². The van der Waals surface area contributed by atoms with Gasteiger partial charge in [-0.15, -0.1) is 0 Å². The number of nitrogens with zero attached hydrogens (tertiary/aromatic N) is 1. The molecule has 0 fully saturated rings. The van der Waals surface area contributed by atoms with Crippen LogP contribution in [-0.2, 0) is 6.61 Å². The molecule has 0 aliphatic heterocycles. The first-order valence-corrected chi connectivity index (χ1v) is 6.34. The molecule has 0 saturated carbocycles. The maximum atomic E-state index is 11.6. The summed E-state index contributed by atoms with van der Waals surface area (Å²) in [6, 6.07) is 9.25. The number of benzene rings is 1. The lowest BCUT2D eigenvalue weighted by Crippen LogP contribution is -2.04. The Morgan fingerprint density at radius 2 is 2.10 bits per heavy atom. The van der Waals surface area contributed by atoms with Gasteiger partial charge in [0.1, 0.15) is 12.4 Å². The molecule has 1 aromatic heterocycles. The van der Waals surface area contributed by atoms with Crippen LogP contribution in [0.4, 0.5) is 0 Å². The minimum Gasteiger partial charge on any atom is -0.488 e. The zero-order valence-corrected chi connectivity index (χ0v) is 11.8. The zero-order valence-electron chi connectivity index (χ0n) is 11.8. The van der Waals surface area contributed by atoms with Crippen molar-refractivity contribution in [3.05, 3.63) is 53.2 Å². The van der Waals surface area contributed by atoms with Crippen molar-refractivity contribution in [3.63, 3.8) is 0 Å². The lowest BCUT2D eigenvalue weighted by atomic mass is 10.1. The molecule has 1 heterocycles. The van der Waals surface area contributed by atoms with Gasteiger partial charge in [0, 0.05) is 6.20 Å². The SMILES string of the molecule is COc1ncccc1COc1cc(C)ccc1C(C)=O. The molecule has 0 bridgehead atoms. The van der Waals surface area contributed by atoms with Gasteiger partial charge in [0.05, 0.1) is 18.2 Å². The molecule has 0 radical (unpaired) electrons. The number of pyridine rings is 1. The van der Waals surface area contributed by atoms with Crippen LogP contribution in [0.3, 0.4) is 0 Å². The van der Waals surface area contributed by atoms with E-state index >= 15 is 0 Å². The molecule has 0 aliphatic rings. The topological polar surface area (TPSA) is 48.4 Å². The Bertz CT molecular complexity index is 623. The van der Waals surface area contributed by atoms with Crippen LogP contribution in [0.15, 0.2) is 36.5 Å². The van der Waals surface area contributed by atoms with Crippen molar-refractivity contribution in [2.24, 2.45) is 0 Å². The molecule has 0 atom stereocenters. The Labute approximate surface area is 118 Å². The summed E-state index contributed by atoms with van der Waals surface area (Å²) in [4.78, 5) is 15.7. The van der Waals surface area contributed by atoms with Gasteiger partial charge in [0.15, 0.2) is 5.78 Å². The zero-order chi connectivity index (χ0) is 14.5. The standard InChI is InChI=1S/C16H17NO3/c1-11-6-7-14(12(2)18)15(9-11)20-10-13-5-4-8-17-16(13)19-3/h4-9H,10H2,1-3H3. The molecule has 4 heteroatoms. The maximum absolute atomic E-state index is 11.6. The first-order chi connectivity index (χ1) is 9.61. The van der Waals surface area contributed by atoms with Crippen molar-refractivity contribution < 1.29 is 14.3 Å². The summed E-state index contributed by atoms with van der Waals surface area (Å²) in [5.74, 6) is 1.10. The van der Waals surface area contributed by atoms with E-state index in [4.69, 9.17) is 9.47 Å². The molecule has 2 rings (SSSR count). The lowest BCUT2D eigenvalue weighted by molar-refractivity contribution is 0.101. The molecule has 0 amide bonds. The van der Waals surface area contributed by atoms with Crippen LogP contribution in [0.2, 0.25) is 0 Å². The van der Waals surface area contributed by atoms with Gasteiger partial charge in [-0.1, -0.05) is 6.07 Å². The summed E-state index contributed by atoms with van der Waals surface area (Å²) in [6.45, 7) is 3.80. The fraction of sp³-hybridized carbons (Fsp3) is 0.250. The van der Waals surface area contributed by atoms with Gasteiger partial charge in [-0.05, 0) is 43.7 Å². The van der Waals surface area contributed by atoms with Gasteiger partial charge < -0.3 is 9.47 Å². The number of aryl methyl sites for hydroxylation is 1. The van der Waals surface area contributed by atoms with Crippen LogP contribution in [0.1, 0.15) is 28.4 Å². The third-order valence-electron chi connectivity index (χ3n) is 2.94. The number of rotatable bonds is 5. The molecule has 0 unspecified atom stereocenters. The van der Waals surface area contributed by atoms with E-state index in [1.54, 1.807) is 19.4 Å². The molecule has 2 aromatic rings. The Balaban J connectivity index is 2.22. The number of hydrogen-bond acceptors (Lipinski definition) is 4. The van der Waals surface area contributed by atoms with Gasteiger partial charge >= 0.3 is 0 Å². The molecule has 0 N–H and O–H groups in total. The highest BCUT2D eigenvalue weighted by Crippen LogP contribution is 2.23. The molecule has 1 aromatic carbocycles. The van der Waals surface area contributed by atoms with E-state index in [1.165, 1.54) is 6.92 Å². The largest absolute Gasteiger partial charge is 0.488 e. The van der Waals surface area contributed by atoms with E-state index in [2.05, 4.69) is 4.98 Å². The number of carbonyl (C=O) groups is 1. The smallest absolute Gasteiger partial charge is 0.219 e. The summed E-state index contributed by atoms with van der Waals surface area (Å²) < 4.78 is 10.9. The molecule has 0 aliphatic carbocycles. The van der Waals surface area contributed by atoms with Crippen molar-refractivity contribution in [1.29, 1.82) is 0 Å². The van der Waals surface area contributed by atoms with Crippen molar-refractivity contribution >= 4 is 5.78 Å². The van der Waals surface area contributed by atoms with E-state index in [1.807, 2.05) is 31.2 Å².